The van der Waals surface area contributed by atoms with Crippen molar-refractivity contribution in [2.24, 2.45) is 5.92 Å². The van der Waals surface area contributed by atoms with Crippen molar-refractivity contribution in [3.63, 3.8) is 0 Å². The monoisotopic (exact) mass is 283 g/mol. The molecule has 0 saturated heterocycles. The van der Waals surface area contributed by atoms with E-state index in [1.807, 2.05) is 12.1 Å². The van der Waals surface area contributed by atoms with Crippen LogP contribution in [0.25, 0.3) is 0 Å². The van der Waals surface area contributed by atoms with Gasteiger partial charge in [0, 0.05) is 17.8 Å². The maximum absolute atomic E-state index is 12.2. The largest absolute Gasteiger partial charge is 0.467 e. The summed E-state index contributed by atoms with van der Waals surface area (Å²) >= 11 is 5.97. The first-order valence-electron chi connectivity index (χ1n) is 6.23. The lowest BCUT2D eigenvalue weighted by molar-refractivity contribution is -0.149. The van der Waals surface area contributed by atoms with E-state index in [1.165, 1.54) is 7.11 Å². The third-order valence-electron chi connectivity index (χ3n) is 3.39. The highest BCUT2D eigenvalue weighted by molar-refractivity contribution is 6.30. The normalized spacial score (nSPS) is 17.6. The lowest BCUT2D eigenvalue weighted by atomic mass is 9.93. The maximum atomic E-state index is 12.2. The molecule has 5 heteroatoms. The van der Waals surface area contributed by atoms with Crippen molar-refractivity contribution in [3.8, 4) is 0 Å². The zero-order chi connectivity index (χ0) is 13.9. The second kappa shape index (κ2) is 5.80. The summed E-state index contributed by atoms with van der Waals surface area (Å²) in [4.78, 5) is 12.2. The van der Waals surface area contributed by atoms with E-state index in [0.717, 1.165) is 18.5 Å². The van der Waals surface area contributed by atoms with Crippen LogP contribution >= 0.6 is 11.6 Å². The van der Waals surface area contributed by atoms with E-state index in [1.54, 1.807) is 19.2 Å². The molecule has 19 heavy (non-hydrogen) atoms. The quantitative estimate of drug-likeness (QED) is 0.816. The topological polar surface area (TPSA) is 47.6 Å². The molecule has 1 aliphatic carbocycles. The average Bonchev–Trinajstić information content (AvgIpc) is 3.21. The summed E-state index contributed by atoms with van der Waals surface area (Å²) in [6.45, 7) is 0.275. The van der Waals surface area contributed by atoms with Crippen molar-refractivity contribution >= 4 is 23.3 Å². The Morgan fingerprint density at radius 1 is 1.47 bits per heavy atom. The van der Waals surface area contributed by atoms with Crippen molar-refractivity contribution in [3.05, 3.63) is 29.3 Å². The lowest BCUT2D eigenvalue weighted by Crippen LogP contribution is -2.53. The minimum Gasteiger partial charge on any atom is -0.467 e. The highest BCUT2D eigenvalue weighted by Crippen LogP contribution is 2.42. The van der Waals surface area contributed by atoms with Gasteiger partial charge in [-0.25, -0.2) is 4.79 Å². The van der Waals surface area contributed by atoms with Crippen LogP contribution in [0.5, 0.6) is 0 Å². The fourth-order valence-corrected chi connectivity index (χ4v) is 2.53. The molecule has 0 spiro atoms. The second-order valence-electron chi connectivity index (χ2n) is 4.81. The Hall–Kier alpha value is -1.26. The molecule has 4 nitrogen and oxygen atoms in total. The molecule has 0 amide bonds. The number of rotatable bonds is 6. The third kappa shape index (κ3) is 3.01. The van der Waals surface area contributed by atoms with Gasteiger partial charge in [-0.1, -0.05) is 17.7 Å². The van der Waals surface area contributed by atoms with Crippen LogP contribution in [0.2, 0.25) is 5.02 Å². The molecule has 0 aromatic heterocycles. The number of halogens is 1. The van der Waals surface area contributed by atoms with Gasteiger partial charge >= 0.3 is 5.97 Å². The predicted molar refractivity (Wildman–Crippen MR) is 74.4 cm³/mol. The molecule has 1 aromatic rings. The van der Waals surface area contributed by atoms with Gasteiger partial charge in [0.25, 0.3) is 0 Å². The second-order valence-corrected chi connectivity index (χ2v) is 5.24. The smallest absolute Gasteiger partial charge is 0.334 e. The summed E-state index contributed by atoms with van der Waals surface area (Å²) in [5.74, 6) is -0.0595. The van der Waals surface area contributed by atoms with Gasteiger partial charge in [-0.15, -0.1) is 0 Å². The van der Waals surface area contributed by atoms with Crippen molar-refractivity contribution in [2.75, 3.05) is 26.1 Å². The maximum Gasteiger partial charge on any atom is 0.334 e. The number of methoxy groups -OCH3 is 2. The summed E-state index contributed by atoms with van der Waals surface area (Å²) in [7, 11) is 2.98. The number of esters is 1. The molecule has 1 atom stereocenters. The first-order chi connectivity index (χ1) is 9.12. The van der Waals surface area contributed by atoms with Crippen LogP contribution < -0.4 is 5.32 Å². The number of anilines is 1. The van der Waals surface area contributed by atoms with Gasteiger partial charge in [0.05, 0.1) is 13.7 Å². The van der Waals surface area contributed by atoms with E-state index < -0.39 is 5.54 Å². The van der Waals surface area contributed by atoms with E-state index >= 15 is 0 Å². The Bertz CT molecular complexity index is 462. The van der Waals surface area contributed by atoms with Crippen LogP contribution in [0.15, 0.2) is 24.3 Å². The van der Waals surface area contributed by atoms with Crippen LogP contribution in [0.1, 0.15) is 12.8 Å². The van der Waals surface area contributed by atoms with Gasteiger partial charge in [-0.05, 0) is 37.0 Å². The molecule has 0 radical (unpaired) electrons. The van der Waals surface area contributed by atoms with E-state index in [2.05, 4.69) is 5.32 Å². The predicted octanol–water partition coefficient (Wildman–Crippen LogP) is 2.72. The minimum atomic E-state index is -0.825. The summed E-state index contributed by atoms with van der Waals surface area (Å²) in [6, 6.07) is 7.30. The lowest BCUT2D eigenvalue weighted by Gasteiger charge is -2.32. The third-order valence-corrected chi connectivity index (χ3v) is 3.62. The van der Waals surface area contributed by atoms with E-state index in [0.29, 0.717) is 5.02 Å². The number of benzene rings is 1. The Morgan fingerprint density at radius 3 is 2.74 bits per heavy atom. The Kier molecular flexibility index (Phi) is 4.32. The number of nitrogens with one attached hydrogen (secondary N) is 1. The summed E-state index contributed by atoms with van der Waals surface area (Å²) in [6.07, 6.45) is 1.98. The molecule has 1 N–H and O–H groups in total. The molecule has 1 saturated carbocycles. The van der Waals surface area contributed by atoms with Gasteiger partial charge in [-0.3, -0.25) is 0 Å². The number of hydrogen-bond donors (Lipinski definition) is 1. The zero-order valence-electron chi connectivity index (χ0n) is 11.1. The van der Waals surface area contributed by atoms with E-state index in [9.17, 15) is 4.79 Å². The summed E-state index contributed by atoms with van der Waals surface area (Å²) < 4.78 is 10.2. The number of hydrogen-bond acceptors (Lipinski definition) is 4. The molecule has 1 aromatic carbocycles. The molecule has 0 aliphatic heterocycles. The average molecular weight is 284 g/mol. The van der Waals surface area contributed by atoms with Crippen LogP contribution in [0.4, 0.5) is 5.69 Å². The van der Waals surface area contributed by atoms with Crippen molar-refractivity contribution in [1.29, 1.82) is 0 Å². The minimum absolute atomic E-state index is 0.235. The van der Waals surface area contributed by atoms with Gasteiger partial charge in [0.1, 0.15) is 0 Å². The first-order valence-corrected chi connectivity index (χ1v) is 6.61. The molecule has 1 unspecified atom stereocenters. The van der Waals surface area contributed by atoms with Gasteiger partial charge in [0.15, 0.2) is 5.54 Å². The van der Waals surface area contributed by atoms with Crippen molar-refractivity contribution in [1.82, 2.24) is 0 Å². The summed E-state index contributed by atoms with van der Waals surface area (Å²) in [5.41, 5.74) is -0.0318. The zero-order valence-corrected chi connectivity index (χ0v) is 11.9. The fraction of sp³-hybridized carbons (Fsp3) is 0.500. The van der Waals surface area contributed by atoms with Crippen LogP contribution in [0.3, 0.4) is 0 Å². The Morgan fingerprint density at radius 2 is 2.21 bits per heavy atom. The highest BCUT2D eigenvalue weighted by Gasteiger charge is 2.52. The van der Waals surface area contributed by atoms with Crippen LogP contribution in [-0.4, -0.2) is 32.3 Å². The molecule has 1 fully saturated rings. The van der Waals surface area contributed by atoms with E-state index in [4.69, 9.17) is 21.1 Å². The van der Waals surface area contributed by atoms with Gasteiger partial charge < -0.3 is 14.8 Å². The van der Waals surface area contributed by atoms with Crippen LogP contribution in [-0.2, 0) is 14.3 Å². The Labute approximate surface area is 118 Å². The number of carbonyl (C=O) groups is 1. The summed E-state index contributed by atoms with van der Waals surface area (Å²) in [5, 5.41) is 3.89. The molecule has 0 heterocycles. The van der Waals surface area contributed by atoms with Gasteiger partial charge in [-0.2, -0.15) is 0 Å². The fourth-order valence-electron chi connectivity index (χ4n) is 2.34. The number of ether oxygens (including phenoxy) is 2. The SMILES string of the molecule is COCC(Nc1cccc(Cl)c1)(C(=O)OC)C1CC1. The molecular formula is C14H18ClNO3. The highest BCUT2D eigenvalue weighted by atomic mass is 35.5. The van der Waals surface area contributed by atoms with Crippen molar-refractivity contribution in [2.45, 2.75) is 18.4 Å². The Balaban J connectivity index is 2.28. The molecular weight excluding hydrogens is 266 g/mol. The molecule has 1 aliphatic rings. The molecule has 0 bridgehead atoms. The number of carbonyl (C=O) groups excluding carboxylic acids is 1. The standard InChI is InChI=1S/C14H18ClNO3/c1-18-9-14(10-6-7-10,13(17)19-2)16-12-5-3-4-11(15)8-12/h3-5,8,10,16H,6-7,9H2,1-2H3. The van der Waals surface area contributed by atoms with Gasteiger partial charge in [0.2, 0.25) is 0 Å². The first kappa shape index (κ1) is 14.2. The molecule has 2 rings (SSSR count). The molecule has 104 valence electrons. The van der Waals surface area contributed by atoms with Crippen molar-refractivity contribution < 1.29 is 14.3 Å². The van der Waals surface area contributed by atoms with E-state index in [-0.39, 0.29) is 18.5 Å². The van der Waals surface area contributed by atoms with Crippen LogP contribution in [0, 0.1) is 5.92 Å².